The molecule has 35 heavy (non-hydrogen) atoms. The molecule has 2 unspecified atom stereocenters. The SMILES string of the molecule is O=C1CC(NC(=O)[C@H](CC2CCCC2)NC(=O)OCc2ccccc2)C(COc2ccccc2)O1. The van der Waals surface area contributed by atoms with Crippen molar-refractivity contribution in [3.8, 4) is 5.75 Å². The minimum Gasteiger partial charge on any atom is -0.490 e. The van der Waals surface area contributed by atoms with Crippen LogP contribution in [0.3, 0.4) is 0 Å². The summed E-state index contributed by atoms with van der Waals surface area (Å²) in [4.78, 5) is 37.7. The Hall–Kier alpha value is -3.55. The Labute approximate surface area is 205 Å². The standard InChI is InChI=1S/C27H32N2O6/c30-25-16-22(24(35-25)18-33-21-13-5-2-6-14-21)28-26(31)23(15-19-9-7-8-10-19)29-27(32)34-17-20-11-3-1-4-12-20/h1-6,11-14,19,22-24H,7-10,15-18H2,(H,28,31)(H,29,32)/t22?,23-,24?/m0/s1. The van der Waals surface area contributed by atoms with Crippen LogP contribution >= 0.6 is 0 Å². The molecule has 2 amide bonds. The lowest BCUT2D eigenvalue weighted by Gasteiger charge is -2.25. The Bertz CT molecular complexity index is 978. The van der Waals surface area contributed by atoms with Crippen molar-refractivity contribution >= 4 is 18.0 Å². The second kappa shape index (κ2) is 12.2. The van der Waals surface area contributed by atoms with Gasteiger partial charge in [-0.25, -0.2) is 4.79 Å². The first-order chi connectivity index (χ1) is 17.1. The lowest BCUT2D eigenvalue weighted by Crippen LogP contribution is -2.52. The van der Waals surface area contributed by atoms with E-state index >= 15 is 0 Å². The first-order valence-electron chi connectivity index (χ1n) is 12.2. The molecule has 186 valence electrons. The van der Waals surface area contributed by atoms with Crippen molar-refractivity contribution in [2.24, 2.45) is 5.92 Å². The van der Waals surface area contributed by atoms with Crippen LogP contribution in [-0.2, 0) is 25.7 Å². The van der Waals surface area contributed by atoms with Crippen LogP contribution in [-0.4, -0.2) is 42.8 Å². The largest absolute Gasteiger partial charge is 0.490 e. The van der Waals surface area contributed by atoms with E-state index in [9.17, 15) is 14.4 Å². The number of esters is 1. The average molecular weight is 481 g/mol. The summed E-state index contributed by atoms with van der Waals surface area (Å²) in [5.41, 5.74) is 0.863. The number of rotatable bonds is 10. The van der Waals surface area contributed by atoms with Crippen LogP contribution in [0.2, 0.25) is 0 Å². The molecule has 2 N–H and O–H groups in total. The number of hydrogen-bond acceptors (Lipinski definition) is 6. The highest BCUT2D eigenvalue weighted by molar-refractivity contribution is 5.86. The number of carbonyl (C=O) groups is 3. The summed E-state index contributed by atoms with van der Waals surface area (Å²) in [6.07, 6.45) is 3.65. The van der Waals surface area contributed by atoms with Crippen molar-refractivity contribution in [2.45, 2.75) is 63.3 Å². The predicted molar refractivity (Wildman–Crippen MR) is 128 cm³/mol. The third-order valence-corrected chi connectivity index (χ3v) is 6.47. The highest BCUT2D eigenvalue weighted by Crippen LogP contribution is 2.29. The fourth-order valence-electron chi connectivity index (χ4n) is 4.60. The van der Waals surface area contributed by atoms with Crippen LogP contribution < -0.4 is 15.4 Å². The molecule has 1 saturated carbocycles. The number of carbonyl (C=O) groups excluding carboxylic acids is 3. The maximum atomic E-state index is 13.2. The van der Waals surface area contributed by atoms with E-state index in [-0.39, 0.29) is 31.5 Å². The molecule has 1 aliphatic carbocycles. The molecule has 3 atom stereocenters. The topological polar surface area (TPSA) is 103 Å². The molecular weight excluding hydrogens is 448 g/mol. The first-order valence-corrected chi connectivity index (χ1v) is 12.2. The van der Waals surface area contributed by atoms with Gasteiger partial charge in [-0.05, 0) is 30.0 Å². The van der Waals surface area contributed by atoms with Crippen molar-refractivity contribution in [2.75, 3.05) is 6.61 Å². The lowest BCUT2D eigenvalue weighted by atomic mass is 9.97. The monoisotopic (exact) mass is 480 g/mol. The normalized spacial score (nSPS) is 20.6. The zero-order valence-corrected chi connectivity index (χ0v) is 19.7. The highest BCUT2D eigenvalue weighted by Gasteiger charge is 2.38. The number of nitrogens with one attached hydrogen (secondary N) is 2. The van der Waals surface area contributed by atoms with Crippen molar-refractivity contribution in [3.63, 3.8) is 0 Å². The van der Waals surface area contributed by atoms with Gasteiger partial charge < -0.3 is 24.8 Å². The van der Waals surface area contributed by atoms with E-state index in [2.05, 4.69) is 10.6 Å². The number of hydrogen-bond donors (Lipinski definition) is 2. The predicted octanol–water partition coefficient (Wildman–Crippen LogP) is 3.74. The number of benzene rings is 2. The van der Waals surface area contributed by atoms with Gasteiger partial charge in [-0.1, -0.05) is 74.2 Å². The van der Waals surface area contributed by atoms with E-state index < -0.39 is 24.3 Å². The smallest absolute Gasteiger partial charge is 0.408 e. The maximum absolute atomic E-state index is 13.2. The lowest BCUT2D eigenvalue weighted by molar-refractivity contribution is -0.142. The molecule has 1 saturated heterocycles. The molecule has 0 bridgehead atoms. The van der Waals surface area contributed by atoms with Gasteiger partial charge in [0.2, 0.25) is 5.91 Å². The van der Waals surface area contributed by atoms with Crippen LogP contribution in [0.5, 0.6) is 5.75 Å². The van der Waals surface area contributed by atoms with Crippen LogP contribution in [0.1, 0.15) is 44.1 Å². The van der Waals surface area contributed by atoms with Crippen molar-refractivity contribution < 1.29 is 28.6 Å². The average Bonchev–Trinajstić information content (AvgIpc) is 3.51. The molecule has 8 nitrogen and oxygen atoms in total. The summed E-state index contributed by atoms with van der Waals surface area (Å²) >= 11 is 0. The van der Waals surface area contributed by atoms with Crippen molar-refractivity contribution in [1.29, 1.82) is 0 Å². The molecule has 0 aromatic heterocycles. The van der Waals surface area contributed by atoms with Crippen LogP contribution in [0.25, 0.3) is 0 Å². The van der Waals surface area contributed by atoms with E-state index in [1.165, 1.54) is 0 Å². The van der Waals surface area contributed by atoms with Gasteiger partial charge in [-0.3, -0.25) is 9.59 Å². The van der Waals surface area contributed by atoms with E-state index in [1.807, 2.05) is 60.7 Å². The summed E-state index contributed by atoms with van der Waals surface area (Å²) in [5.74, 6) is 0.280. The Morgan fingerprint density at radius 1 is 1.00 bits per heavy atom. The third-order valence-electron chi connectivity index (χ3n) is 6.47. The zero-order valence-electron chi connectivity index (χ0n) is 19.7. The molecule has 4 rings (SSSR count). The summed E-state index contributed by atoms with van der Waals surface area (Å²) in [6, 6.07) is 17.3. The second-order valence-corrected chi connectivity index (χ2v) is 9.12. The van der Waals surface area contributed by atoms with Gasteiger partial charge in [0.15, 0.2) is 6.10 Å². The Kier molecular flexibility index (Phi) is 8.59. The fraction of sp³-hybridized carbons (Fsp3) is 0.444. The number of ether oxygens (including phenoxy) is 3. The van der Waals surface area contributed by atoms with Gasteiger partial charge >= 0.3 is 12.1 Å². The minimum absolute atomic E-state index is 0.0587. The summed E-state index contributed by atoms with van der Waals surface area (Å²) in [7, 11) is 0. The number of amides is 2. The fourth-order valence-corrected chi connectivity index (χ4v) is 4.60. The molecule has 2 aromatic rings. The van der Waals surface area contributed by atoms with Gasteiger partial charge in [0.1, 0.15) is 25.0 Å². The van der Waals surface area contributed by atoms with E-state index in [0.29, 0.717) is 18.1 Å². The van der Waals surface area contributed by atoms with Gasteiger partial charge in [0.05, 0.1) is 12.5 Å². The van der Waals surface area contributed by atoms with Crippen molar-refractivity contribution in [3.05, 3.63) is 66.2 Å². The molecule has 2 aromatic carbocycles. The Morgan fingerprint density at radius 2 is 1.69 bits per heavy atom. The van der Waals surface area contributed by atoms with Crippen LogP contribution in [0.15, 0.2) is 60.7 Å². The van der Waals surface area contributed by atoms with Gasteiger partial charge in [0, 0.05) is 0 Å². The van der Waals surface area contributed by atoms with Gasteiger partial charge in [0.25, 0.3) is 0 Å². The Balaban J connectivity index is 1.34. The van der Waals surface area contributed by atoms with Gasteiger partial charge in [-0.15, -0.1) is 0 Å². The molecule has 1 aliphatic heterocycles. The molecule has 0 spiro atoms. The van der Waals surface area contributed by atoms with E-state index in [1.54, 1.807) is 0 Å². The molecule has 2 fully saturated rings. The molecule has 1 heterocycles. The summed E-state index contributed by atoms with van der Waals surface area (Å²) in [5, 5.41) is 5.66. The van der Waals surface area contributed by atoms with E-state index in [4.69, 9.17) is 14.2 Å². The van der Waals surface area contributed by atoms with Crippen molar-refractivity contribution in [1.82, 2.24) is 10.6 Å². The minimum atomic E-state index is -0.757. The Morgan fingerprint density at radius 3 is 2.40 bits per heavy atom. The highest BCUT2D eigenvalue weighted by atomic mass is 16.6. The van der Waals surface area contributed by atoms with E-state index in [0.717, 1.165) is 31.2 Å². The van der Waals surface area contributed by atoms with Gasteiger partial charge in [-0.2, -0.15) is 0 Å². The number of para-hydroxylation sites is 1. The molecule has 8 heteroatoms. The number of alkyl carbamates (subject to hydrolysis) is 1. The zero-order chi connectivity index (χ0) is 24.5. The first kappa shape index (κ1) is 24.6. The molecule has 0 radical (unpaired) electrons. The molecule has 2 aliphatic rings. The summed E-state index contributed by atoms with van der Waals surface area (Å²) < 4.78 is 16.5. The second-order valence-electron chi connectivity index (χ2n) is 9.12. The number of cyclic esters (lactones) is 1. The quantitative estimate of drug-likeness (QED) is 0.502. The van der Waals surface area contributed by atoms with Crippen LogP contribution in [0.4, 0.5) is 4.79 Å². The molecular formula is C27H32N2O6. The van der Waals surface area contributed by atoms with Crippen LogP contribution in [0, 0.1) is 5.92 Å². The summed E-state index contributed by atoms with van der Waals surface area (Å²) in [6.45, 7) is 0.245. The third kappa shape index (κ3) is 7.47. The maximum Gasteiger partial charge on any atom is 0.408 e.